The number of hydrogen-bond donors (Lipinski definition) is 1. The van der Waals surface area contributed by atoms with E-state index in [0.717, 1.165) is 5.75 Å². The van der Waals surface area contributed by atoms with Crippen LogP contribution in [-0.2, 0) is 9.59 Å². The van der Waals surface area contributed by atoms with Crippen molar-refractivity contribution in [3.8, 4) is 0 Å². The number of hydrogen-bond acceptors (Lipinski definition) is 3. The Hall–Kier alpha value is -0.710. The number of fused-ring (bicyclic) bond motifs is 1. The Kier molecular flexibility index (Phi) is 1.75. The first-order valence-electron chi connectivity index (χ1n) is 3.89. The van der Waals surface area contributed by atoms with Crippen molar-refractivity contribution in [3.63, 3.8) is 0 Å². The average molecular weight is 186 g/mol. The zero-order chi connectivity index (χ0) is 8.72. The molecular formula is C7H10N2O2S. The largest absolute Gasteiger partial charge is 0.343 e. The van der Waals surface area contributed by atoms with Gasteiger partial charge in [0.15, 0.2) is 0 Å². The van der Waals surface area contributed by atoms with Gasteiger partial charge in [0.1, 0.15) is 12.1 Å². The van der Waals surface area contributed by atoms with Crippen molar-refractivity contribution in [2.75, 3.05) is 11.6 Å². The molecule has 2 aliphatic rings. The van der Waals surface area contributed by atoms with Gasteiger partial charge in [-0.2, -0.15) is 0 Å². The Bertz CT molecular complexity index is 244. The third-order valence-corrected chi connectivity index (χ3v) is 3.21. The maximum absolute atomic E-state index is 11.5. The van der Waals surface area contributed by atoms with E-state index < -0.39 is 0 Å². The molecule has 0 radical (unpaired) electrons. The first kappa shape index (κ1) is 7.91. The maximum atomic E-state index is 11.5. The normalized spacial score (nSPS) is 34.9. The lowest BCUT2D eigenvalue weighted by atomic mass is 10.1. The molecule has 0 aromatic heterocycles. The molecule has 2 atom stereocenters. The van der Waals surface area contributed by atoms with Crippen molar-refractivity contribution in [1.29, 1.82) is 0 Å². The SMILES string of the molecule is C[C@@H]1NC(=O)[C@@H]2CSCN2C1=O. The third-order valence-electron chi connectivity index (χ3n) is 2.20. The predicted octanol–water partition coefficient (Wildman–Crippen LogP) is -0.594. The lowest BCUT2D eigenvalue weighted by Crippen LogP contribution is -2.60. The second kappa shape index (κ2) is 2.65. The van der Waals surface area contributed by atoms with Crippen molar-refractivity contribution in [3.05, 3.63) is 0 Å². The number of amides is 2. The van der Waals surface area contributed by atoms with Gasteiger partial charge in [0, 0.05) is 5.75 Å². The molecule has 0 aromatic carbocycles. The van der Waals surface area contributed by atoms with E-state index in [1.807, 2.05) is 0 Å². The second-order valence-electron chi connectivity index (χ2n) is 3.05. The fourth-order valence-electron chi connectivity index (χ4n) is 1.50. The lowest BCUT2D eigenvalue weighted by molar-refractivity contribution is -0.146. The number of carbonyl (C=O) groups excluding carboxylic acids is 2. The molecule has 0 aromatic rings. The highest BCUT2D eigenvalue weighted by atomic mass is 32.2. The molecule has 0 unspecified atom stereocenters. The molecule has 2 saturated heterocycles. The number of carbonyl (C=O) groups is 2. The van der Waals surface area contributed by atoms with Crippen LogP contribution >= 0.6 is 11.8 Å². The summed E-state index contributed by atoms with van der Waals surface area (Å²) in [6.45, 7) is 1.72. The van der Waals surface area contributed by atoms with E-state index in [9.17, 15) is 9.59 Å². The van der Waals surface area contributed by atoms with Gasteiger partial charge < -0.3 is 10.2 Å². The topological polar surface area (TPSA) is 49.4 Å². The first-order valence-corrected chi connectivity index (χ1v) is 5.04. The fourth-order valence-corrected chi connectivity index (χ4v) is 2.66. The van der Waals surface area contributed by atoms with E-state index in [4.69, 9.17) is 0 Å². The van der Waals surface area contributed by atoms with Crippen molar-refractivity contribution in [2.45, 2.75) is 19.0 Å². The minimum atomic E-state index is -0.340. The first-order chi connectivity index (χ1) is 5.70. The average Bonchev–Trinajstić information content (AvgIpc) is 2.48. The zero-order valence-electron chi connectivity index (χ0n) is 6.74. The smallest absolute Gasteiger partial charge is 0.246 e. The van der Waals surface area contributed by atoms with Crippen LogP contribution in [0.1, 0.15) is 6.92 Å². The molecule has 0 aliphatic carbocycles. The van der Waals surface area contributed by atoms with Crippen molar-refractivity contribution < 1.29 is 9.59 Å². The zero-order valence-corrected chi connectivity index (χ0v) is 7.56. The van der Waals surface area contributed by atoms with Gasteiger partial charge in [-0.05, 0) is 6.92 Å². The van der Waals surface area contributed by atoms with Crippen LogP contribution < -0.4 is 5.32 Å². The summed E-state index contributed by atoms with van der Waals surface area (Å²) in [5.41, 5.74) is 0. The van der Waals surface area contributed by atoms with Crippen LogP contribution in [0.15, 0.2) is 0 Å². The molecule has 5 heteroatoms. The molecule has 2 rings (SSSR count). The summed E-state index contributed by atoms with van der Waals surface area (Å²) >= 11 is 1.63. The quantitative estimate of drug-likeness (QED) is 0.550. The van der Waals surface area contributed by atoms with E-state index >= 15 is 0 Å². The predicted molar refractivity (Wildman–Crippen MR) is 45.6 cm³/mol. The number of rotatable bonds is 0. The Balaban J connectivity index is 2.23. The van der Waals surface area contributed by atoms with E-state index in [1.54, 1.807) is 23.6 Å². The third kappa shape index (κ3) is 0.998. The van der Waals surface area contributed by atoms with Crippen LogP contribution in [-0.4, -0.2) is 40.4 Å². The second-order valence-corrected chi connectivity index (χ2v) is 4.05. The molecule has 0 spiro atoms. The summed E-state index contributed by atoms with van der Waals surface area (Å²) in [4.78, 5) is 24.4. The molecule has 2 heterocycles. The van der Waals surface area contributed by atoms with E-state index in [-0.39, 0.29) is 23.9 Å². The van der Waals surface area contributed by atoms with Gasteiger partial charge in [0.05, 0.1) is 5.88 Å². The van der Waals surface area contributed by atoms with Gasteiger partial charge in [-0.1, -0.05) is 0 Å². The Morgan fingerprint density at radius 1 is 1.58 bits per heavy atom. The molecular weight excluding hydrogens is 176 g/mol. The minimum absolute atomic E-state index is 0.00731. The number of thioether (sulfide) groups is 1. The van der Waals surface area contributed by atoms with Gasteiger partial charge in [0.25, 0.3) is 0 Å². The van der Waals surface area contributed by atoms with Gasteiger partial charge in [-0.25, -0.2) is 0 Å². The summed E-state index contributed by atoms with van der Waals surface area (Å²) < 4.78 is 0. The van der Waals surface area contributed by atoms with Gasteiger partial charge in [-0.15, -0.1) is 11.8 Å². The molecule has 2 aliphatic heterocycles. The maximum Gasteiger partial charge on any atom is 0.246 e. The number of nitrogens with one attached hydrogen (secondary N) is 1. The number of nitrogens with zero attached hydrogens (tertiary/aromatic N) is 1. The van der Waals surface area contributed by atoms with E-state index in [1.165, 1.54) is 0 Å². The molecule has 0 saturated carbocycles. The van der Waals surface area contributed by atoms with E-state index in [2.05, 4.69) is 5.32 Å². The summed E-state index contributed by atoms with van der Waals surface area (Å²) in [5, 5.41) is 2.66. The van der Waals surface area contributed by atoms with Crippen LogP contribution in [0.3, 0.4) is 0 Å². The molecule has 0 bridgehead atoms. The molecule has 1 N–H and O–H groups in total. The van der Waals surface area contributed by atoms with Crippen molar-refractivity contribution >= 4 is 23.6 Å². The summed E-state index contributed by atoms with van der Waals surface area (Å²) in [6.07, 6.45) is 0. The van der Waals surface area contributed by atoms with Crippen LogP contribution in [0, 0.1) is 0 Å². The van der Waals surface area contributed by atoms with E-state index in [0.29, 0.717) is 5.88 Å². The minimum Gasteiger partial charge on any atom is -0.343 e. The molecule has 2 amide bonds. The molecule has 4 nitrogen and oxygen atoms in total. The number of piperazine rings is 1. The van der Waals surface area contributed by atoms with Crippen molar-refractivity contribution in [2.24, 2.45) is 0 Å². The van der Waals surface area contributed by atoms with Gasteiger partial charge in [-0.3, -0.25) is 9.59 Å². The van der Waals surface area contributed by atoms with Crippen LogP contribution in [0.2, 0.25) is 0 Å². The summed E-state index contributed by atoms with van der Waals surface area (Å²) in [7, 11) is 0. The fraction of sp³-hybridized carbons (Fsp3) is 0.714. The van der Waals surface area contributed by atoms with Crippen LogP contribution in [0.5, 0.6) is 0 Å². The Morgan fingerprint density at radius 3 is 3.08 bits per heavy atom. The summed E-state index contributed by atoms with van der Waals surface area (Å²) in [6, 6.07) is -0.550. The highest BCUT2D eigenvalue weighted by Gasteiger charge is 2.41. The van der Waals surface area contributed by atoms with Gasteiger partial charge >= 0.3 is 0 Å². The molecule has 66 valence electrons. The summed E-state index contributed by atoms with van der Waals surface area (Å²) in [5.74, 6) is 1.45. The Labute approximate surface area is 74.7 Å². The highest BCUT2D eigenvalue weighted by Crippen LogP contribution is 2.24. The van der Waals surface area contributed by atoms with Crippen LogP contribution in [0.4, 0.5) is 0 Å². The standard InChI is InChI=1S/C7H10N2O2S/c1-4-7(11)9-3-12-2-5(9)6(10)8-4/h4-5H,2-3H2,1H3,(H,8,10)/t4-,5-/m0/s1. The molecule has 2 fully saturated rings. The van der Waals surface area contributed by atoms with Gasteiger partial charge in [0.2, 0.25) is 11.8 Å². The van der Waals surface area contributed by atoms with Crippen LogP contribution in [0.25, 0.3) is 0 Å². The Morgan fingerprint density at radius 2 is 2.33 bits per heavy atom. The monoisotopic (exact) mass is 186 g/mol. The van der Waals surface area contributed by atoms with Crippen molar-refractivity contribution in [1.82, 2.24) is 10.2 Å². The molecule has 12 heavy (non-hydrogen) atoms. The lowest BCUT2D eigenvalue weighted by Gasteiger charge is -2.32. The highest BCUT2D eigenvalue weighted by molar-refractivity contribution is 7.99.